The Bertz CT molecular complexity index is 881. The lowest BCUT2D eigenvalue weighted by Gasteiger charge is -2.32. The molecule has 0 saturated carbocycles. The third kappa shape index (κ3) is 2.66. The molecule has 1 saturated heterocycles. The number of imide groups is 1. The Balaban J connectivity index is 1.66. The maximum absolute atomic E-state index is 12.6. The molecule has 3 heterocycles. The summed E-state index contributed by atoms with van der Waals surface area (Å²) in [6.45, 7) is 0.181. The summed E-state index contributed by atoms with van der Waals surface area (Å²) >= 11 is 5.75. The van der Waals surface area contributed by atoms with Gasteiger partial charge in [0.05, 0.1) is 12.2 Å². The zero-order valence-electron chi connectivity index (χ0n) is 13.1. The fraction of sp³-hybridized carbons (Fsp3) is 0.235. The Morgan fingerprint density at radius 1 is 0.960 bits per heavy atom. The van der Waals surface area contributed by atoms with E-state index in [1.165, 1.54) is 5.01 Å². The second-order valence-electron chi connectivity index (χ2n) is 5.93. The van der Waals surface area contributed by atoms with Gasteiger partial charge in [0.25, 0.3) is 5.91 Å². The monoisotopic (exact) mass is 356 g/mol. The molecule has 4 rings (SSSR count). The van der Waals surface area contributed by atoms with Crippen molar-refractivity contribution < 1.29 is 14.4 Å². The average molecular weight is 357 g/mol. The van der Waals surface area contributed by atoms with Crippen LogP contribution in [0.1, 0.15) is 35.2 Å². The Kier molecular flexibility index (Phi) is 3.73. The molecule has 126 valence electrons. The highest BCUT2D eigenvalue weighted by Gasteiger charge is 2.39. The summed E-state index contributed by atoms with van der Waals surface area (Å²) in [5.41, 5.74) is 2.64. The number of fused-ring (bicyclic) bond motifs is 1. The van der Waals surface area contributed by atoms with Gasteiger partial charge in [-0.15, -0.1) is 10.2 Å². The van der Waals surface area contributed by atoms with Gasteiger partial charge < -0.3 is 0 Å². The number of halogens is 1. The van der Waals surface area contributed by atoms with E-state index < -0.39 is 0 Å². The van der Waals surface area contributed by atoms with Crippen LogP contribution in [-0.4, -0.2) is 37.9 Å². The smallest absolute Gasteiger partial charge is 0.273 e. The molecule has 2 aromatic rings. The number of piperidine rings is 1. The van der Waals surface area contributed by atoms with E-state index in [0.29, 0.717) is 22.8 Å². The number of carbonyl (C=O) groups is 3. The lowest BCUT2D eigenvalue weighted by molar-refractivity contribution is -0.163. The number of rotatable bonds is 2. The highest BCUT2D eigenvalue weighted by atomic mass is 35.5. The number of aromatic nitrogens is 2. The van der Waals surface area contributed by atoms with Gasteiger partial charge in [-0.25, -0.2) is 5.01 Å². The fourth-order valence-electron chi connectivity index (χ4n) is 3.11. The summed E-state index contributed by atoms with van der Waals surface area (Å²) in [7, 11) is 0. The van der Waals surface area contributed by atoms with Gasteiger partial charge >= 0.3 is 0 Å². The van der Waals surface area contributed by atoms with Crippen LogP contribution in [0.3, 0.4) is 0 Å². The van der Waals surface area contributed by atoms with Gasteiger partial charge in [0.1, 0.15) is 0 Å². The maximum atomic E-state index is 12.6. The number of nitrogens with zero attached hydrogens (tertiary/aromatic N) is 4. The van der Waals surface area contributed by atoms with Crippen molar-refractivity contribution in [3.05, 3.63) is 46.6 Å². The third-order valence-corrected chi connectivity index (χ3v) is 4.51. The van der Waals surface area contributed by atoms with E-state index in [9.17, 15) is 14.4 Å². The predicted molar refractivity (Wildman–Crippen MR) is 88.1 cm³/mol. The minimum absolute atomic E-state index is 0.181. The van der Waals surface area contributed by atoms with Crippen LogP contribution in [0.15, 0.2) is 30.3 Å². The summed E-state index contributed by atoms with van der Waals surface area (Å²) in [4.78, 5) is 36.8. The molecule has 0 radical (unpaired) electrons. The lowest BCUT2D eigenvalue weighted by Crippen LogP contribution is -2.51. The number of hydrogen-bond acceptors (Lipinski definition) is 5. The molecule has 7 nitrogen and oxygen atoms in total. The van der Waals surface area contributed by atoms with E-state index in [0.717, 1.165) is 16.1 Å². The molecule has 8 heteroatoms. The molecule has 2 aliphatic rings. The first-order chi connectivity index (χ1) is 12.0. The molecule has 1 aromatic carbocycles. The van der Waals surface area contributed by atoms with Crippen LogP contribution in [0.25, 0.3) is 11.3 Å². The average Bonchev–Trinajstić information content (AvgIpc) is 2.92. The van der Waals surface area contributed by atoms with E-state index >= 15 is 0 Å². The second-order valence-corrected chi connectivity index (χ2v) is 6.32. The first-order valence-corrected chi connectivity index (χ1v) is 8.22. The van der Waals surface area contributed by atoms with Crippen molar-refractivity contribution in [3.63, 3.8) is 0 Å². The van der Waals surface area contributed by atoms with E-state index in [1.807, 2.05) is 6.07 Å². The molecular formula is C17H13ClN4O3. The van der Waals surface area contributed by atoms with Crippen LogP contribution in [0.5, 0.6) is 0 Å². The molecule has 0 aliphatic carbocycles. The van der Waals surface area contributed by atoms with Gasteiger partial charge in [0.2, 0.25) is 11.8 Å². The molecule has 0 unspecified atom stereocenters. The van der Waals surface area contributed by atoms with Crippen molar-refractivity contribution in [3.8, 4) is 11.3 Å². The van der Waals surface area contributed by atoms with Gasteiger partial charge in [-0.2, -0.15) is 5.01 Å². The SMILES string of the molecule is O=C1c2ccc(-c3ccc(Cl)nn3)cc2CN1N1C(=O)CCCC1=O. The van der Waals surface area contributed by atoms with Crippen LogP contribution >= 0.6 is 11.6 Å². The van der Waals surface area contributed by atoms with Crippen LogP contribution in [0.2, 0.25) is 5.15 Å². The van der Waals surface area contributed by atoms with Crippen molar-refractivity contribution in [2.24, 2.45) is 0 Å². The van der Waals surface area contributed by atoms with Gasteiger partial charge in [0.15, 0.2) is 5.15 Å². The number of hydrogen-bond donors (Lipinski definition) is 0. The molecule has 0 spiro atoms. The summed E-state index contributed by atoms with van der Waals surface area (Å²) in [5.74, 6) is -1.00. The third-order valence-electron chi connectivity index (χ3n) is 4.31. The first kappa shape index (κ1) is 15.7. The van der Waals surface area contributed by atoms with Crippen molar-refractivity contribution in [2.75, 3.05) is 0 Å². The highest BCUT2D eigenvalue weighted by molar-refractivity contribution is 6.29. The molecule has 0 N–H and O–H groups in total. The van der Waals surface area contributed by atoms with Gasteiger partial charge in [0, 0.05) is 24.0 Å². The van der Waals surface area contributed by atoms with E-state index in [2.05, 4.69) is 10.2 Å². The van der Waals surface area contributed by atoms with Crippen molar-refractivity contribution >= 4 is 29.3 Å². The highest BCUT2D eigenvalue weighted by Crippen LogP contribution is 2.30. The van der Waals surface area contributed by atoms with E-state index in [1.54, 1.807) is 24.3 Å². The molecule has 3 amide bonds. The van der Waals surface area contributed by atoms with Crippen molar-refractivity contribution in [1.82, 2.24) is 20.2 Å². The maximum Gasteiger partial charge on any atom is 0.273 e. The van der Waals surface area contributed by atoms with Crippen LogP contribution in [0.4, 0.5) is 0 Å². The summed E-state index contributed by atoms with van der Waals surface area (Å²) < 4.78 is 0. The zero-order valence-corrected chi connectivity index (χ0v) is 13.9. The Labute approximate surface area is 148 Å². The molecule has 1 fully saturated rings. The molecular weight excluding hydrogens is 344 g/mol. The summed E-state index contributed by atoms with van der Waals surface area (Å²) in [6.07, 6.45) is 1.08. The van der Waals surface area contributed by atoms with E-state index in [4.69, 9.17) is 11.6 Å². The van der Waals surface area contributed by atoms with Crippen LogP contribution in [-0.2, 0) is 16.1 Å². The minimum atomic E-state index is -0.340. The van der Waals surface area contributed by atoms with Crippen molar-refractivity contribution in [2.45, 2.75) is 25.8 Å². The second kappa shape index (κ2) is 5.93. The number of amides is 3. The predicted octanol–water partition coefficient (Wildman–Crippen LogP) is 2.21. The lowest BCUT2D eigenvalue weighted by atomic mass is 10.0. The minimum Gasteiger partial charge on any atom is -0.273 e. The van der Waals surface area contributed by atoms with Crippen molar-refractivity contribution in [1.29, 1.82) is 0 Å². The van der Waals surface area contributed by atoms with Crippen LogP contribution < -0.4 is 0 Å². The normalized spacial score (nSPS) is 17.2. The summed E-state index contributed by atoms with van der Waals surface area (Å²) in [5, 5.41) is 10.4. The Morgan fingerprint density at radius 3 is 2.40 bits per heavy atom. The molecule has 25 heavy (non-hydrogen) atoms. The van der Waals surface area contributed by atoms with Gasteiger partial charge in [-0.3, -0.25) is 14.4 Å². The summed E-state index contributed by atoms with van der Waals surface area (Å²) in [6, 6.07) is 8.65. The van der Waals surface area contributed by atoms with E-state index in [-0.39, 0.29) is 37.1 Å². The number of benzene rings is 1. The quantitative estimate of drug-likeness (QED) is 0.770. The standard InChI is InChI=1S/C17H13ClN4O3/c18-14-7-6-13(19-20-14)10-4-5-12-11(8-10)9-21(17(12)25)22-15(23)2-1-3-16(22)24/h4-8H,1-3,9H2. The largest absolute Gasteiger partial charge is 0.273 e. The zero-order chi connectivity index (χ0) is 17.6. The topological polar surface area (TPSA) is 83.5 Å². The number of carbonyl (C=O) groups excluding carboxylic acids is 3. The first-order valence-electron chi connectivity index (χ1n) is 7.84. The fourth-order valence-corrected chi connectivity index (χ4v) is 3.21. The van der Waals surface area contributed by atoms with Gasteiger partial charge in [-0.05, 0) is 36.2 Å². The Hall–Kier alpha value is -2.80. The Morgan fingerprint density at radius 2 is 1.72 bits per heavy atom. The molecule has 2 aliphatic heterocycles. The molecule has 1 aromatic heterocycles. The number of hydrazine groups is 1. The van der Waals surface area contributed by atoms with Crippen LogP contribution in [0, 0.1) is 0 Å². The molecule has 0 bridgehead atoms. The molecule has 0 atom stereocenters. The van der Waals surface area contributed by atoms with Gasteiger partial charge in [-0.1, -0.05) is 17.7 Å².